The van der Waals surface area contributed by atoms with Crippen LogP contribution in [0.5, 0.6) is 5.75 Å². The number of benzene rings is 1. The standard InChI is InChI=1S/C13H19NO3S/c1-13(2,3)14-18(15,16)11-6-7-12-10(9-11)5-4-8-17-12/h6-7,9,14H,4-5,8H2,1-3H3. The molecule has 1 aliphatic heterocycles. The lowest BCUT2D eigenvalue weighted by Gasteiger charge is -2.22. The fourth-order valence-electron chi connectivity index (χ4n) is 1.97. The van der Waals surface area contributed by atoms with Gasteiger partial charge in [-0.2, -0.15) is 0 Å². The minimum Gasteiger partial charge on any atom is -0.493 e. The van der Waals surface area contributed by atoms with Gasteiger partial charge in [0.15, 0.2) is 0 Å². The van der Waals surface area contributed by atoms with E-state index in [2.05, 4.69) is 4.72 Å². The Morgan fingerprint density at radius 3 is 2.67 bits per heavy atom. The Bertz CT molecular complexity index is 544. The van der Waals surface area contributed by atoms with Crippen LogP contribution >= 0.6 is 0 Å². The van der Waals surface area contributed by atoms with Crippen LogP contribution in [-0.4, -0.2) is 20.6 Å². The number of hydrogen-bond donors (Lipinski definition) is 1. The predicted molar refractivity (Wildman–Crippen MR) is 70.3 cm³/mol. The summed E-state index contributed by atoms with van der Waals surface area (Å²) in [5.74, 6) is 0.802. The number of ether oxygens (including phenoxy) is 1. The quantitative estimate of drug-likeness (QED) is 0.894. The fourth-order valence-corrected chi connectivity index (χ4v) is 3.43. The highest BCUT2D eigenvalue weighted by molar-refractivity contribution is 7.89. The number of sulfonamides is 1. The second-order valence-corrected chi connectivity index (χ2v) is 7.26. The molecule has 4 nitrogen and oxygen atoms in total. The van der Waals surface area contributed by atoms with Crippen LogP contribution in [0.2, 0.25) is 0 Å². The van der Waals surface area contributed by atoms with Crippen LogP contribution in [0, 0.1) is 0 Å². The molecular weight excluding hydrogens is 250 g/mol. The second kappa shape index (κ2) is 4.55. The molecule has 0 saturated heterocycles. The van der Waals surface area contributed by atoms with E-state index in [0.717, 1.165) is 24.2 Å². The lowest BCUT2D eigenvalue weighted by molar-refractivity contribution is 0.288. The third-order valence-electron chi connectivity index (χ3n) is 2.63. The predicted octanol–water partition coefficient (Wildman–Crippen LogP) is 2.09. The van der Waals surface area contributed by atoms with Crippen LogP contribution in [0.3, 0.4) is 0 Å². The zero-order valence-corrected chi connectivity index (χ0v) is 11.8. The zero-order chi connectivity index (χ0) is 13.4. The summed E-state index contributed by atoms with van der Waals surface area (Å²) in [5.41, 5.74) is 0.489. The first-order chi connectivity index (χ1) is 8.28. The van der Waals surface area contributed by atoms with Crippen molar-refractivity contribution in [3.8, 4) is 5.75 Å². The maximum absolute atomic E-state index is 12.2. The summed E-state index contributed by atoms with van der Waals surface area (Å²) < 4.78 is 32.5. The van der Waals surface area contributed by atoms with E-state index < -0.39 is 15.6 Å². The van der Waals surface area contributed by atoms with E-state index in [1.807, 2.05) is 20.8 Å². The first kappa shape index (κ1) is 13.4. The van der Waals surface area contributed by atoms with Crippen molar-refractivity contribution in [1.82, 2.24) is 4.72 Å². The molecule has 0 saturated carbocycles. The lowest BCUT2D eigenvalue weighted by Crippen LogP contribution is -2.40. The first-order valence-corrected chi connectivity index (χ1v) is 7.56. The Morgan fingerprint density at radius 1 is 1.28 bits per heavy atom. The molecule has 18 heavy (non-hydrogen) atoms. The number of fused-ring (bicyclic) bond motifs is 1. The molecule has 2 rings (SSSR count). The van der Waals surface area contributed by atoms with Crippen molar-refractivity contribution in [2.45, 2.75) is 44.0 Å². The summed E-state index contributed by atoms with van der Waals surface area (Å²) >= 11 is 0. The molecule has 100 valence electrons. The van der Waals surface area contributed by atoms with Gasteiger partial charge < -0.3 is 4.74 Å². The maximum atomic E-state index is 12.2. The highest BCUT2D eigenvalue weighted by Gasteiger charge is 2.23. The monoisotopic (exact) mass is 269 g/mol. The van der Waals surface area contributed by atoms with Crippen molar-refractivity contribution in [2.75, 3.05) is 6.61 Å². The van der Waals surface area contributed by atoms with Gasteiger partial charge in [0.2, 0.25) is 10.0 Å². The van der Waals surface area contributed by atoms with E-state index in [9.17, 15) is 8.42 Å². The normalized spacial score (nSPS) is 15.9. The van der Waals surface area contributed by atoms with Crippen molar-refractivity contribution in [1.29, 1.82) is 0 Å². The summed E-state index contributed by atoms with van der Waals surface area (Å²) in [6, 6.07) is 5.05. The maximum Gasteiger partial charge on any atom is 0.241 e. The van der Waals surface area contributed by atoms with Crippen molar-refractivity contribution in [2.24, 2.45) is 0 Å². The molecule has 1 aromatic rings. The van der Waals surface area contributed by atoms with Gasteiger partial charge in [-0.1, -0.05) is 0 Å². The SMILES string of the molecule is CC(C)(C)NS(=O)(=O)c1ccc2c(c1)CCCO2. The fraction of sp³-hybridized carbons (Fsp3) is 0.538. The van der Waals surface area contributed by atoms with E-state index >= 15 is 0 Å². The van der Waals surface area contributed by atoms with Crippen molar-refractivity contribution < 1.29 is 13.2 Å². The molecule has 5 heteroatoms. The summed E-state index contributed by atoms with van der Waals surface area (Å²) in [7, 11) is -3.46. The van der Waals surface area contributed by atoms with E-state index in [1.54, 1.807) is 18.2 Å². The molecule has 0 aliphatic carbocycles. The molecule has 0 aromatic heterocycles. The van der Waals surface area contributed by atoms with Crippen molar-refractivity contribution in [3.05, 3.63) is 23.8 Å². The first-order valence-electron chi connectivity index (χ1n) is 6.08. The van der Waals surface area contributed by atoms with Crippen molar-refractivity contribution in [3.63, 3.8) is 0 Å². The number of aryl methyl sites for hydroxylation is 1. The molecule has 1 aliphatic rings. The highest BCUT2D eigenvalue weighted by atomic mass is 32.2. The van der Waals surface area contributed by atoms with Gasteiger partial charge >= 0.3 is 0 Å². The van der Waals surface area contributed by atoms with E-state index in [1.165, 1.54) is 0 Å². The summed E-state index contributed by atoms with van der Waals surface area (Å²) in [6.07, 6.45) is 1.80. The molecule has 0 atom stereocenters. The molecule has 0 bridgehead atoms. The minimum atomic E-state index is -3.46. The van der Waals surface area contributed by atoms with Gasteiger partial charge in [0, 0.05) is 5.54 Å². The van der Waals surface area contributed by atoms with E-state index in [4.69, 9.17) is 4.74 Å². The van der Waals surface area contributed by atoms with Gasteiger partial charge in [0.1, 0.15) is 5.75 Å². The Kier molecular flexibility index (Phi) is 3.38. The van der Waals surface area contributed by atoms with Gasteiger partial charge in [-0.3, -0.25) is 0 Å². The smallest absolute Gasteiger partial charge is 0.241 e. The Morgan fingerprint density at radius 2 is 2.00 bits per heavy atom. The number of nitrogens with one attached hydrogen (secondary N) is 1. The van der Waals surface area contributed by atoms with Crippen molar-refractivity contribution >= 4 is 10.0 Å². The molecule has 0 amide bonds. The Hall–Kier alpha value is -1.07. The highest BCUT2D eigenvalue weighted by Crippen LogP contribution is 2.27. The number of rotatable bonds is 2. The van der Waals surface area contributed by atoms with Crippen LogP contribution in [0.25, 0.3) is 0 Å². The van der Waals surface area contributed by atoms with Gasteiger partial charge in [-0.25, -0.2) is 13.1 Å². The molecule has 1 N–H and O–H groups in total. The molecule has 0 fully saturated rings. The minimum absolute atomic E-state index is 0.307. The molecule has 0 spiro atoms. The van der Waals surface area contributed by atoms with Crippen LogP contribution in [0.4, 0.5) is 0 Å². The zero-order valence-electron chi connectivity index (χ0n) is 11.0. The molecule has 0 radical (unpaired) electrons. The van der Waals surface area contributed by atoms with E-state index in [-0.39, 0.29) is 0 Å². The molecule has 0 unspecified atom stereocenters. The summed E-state index contributed by atoms with van der Waals surface area (Å²) in [5, 5.41) is 0. The van der Waals surface area contributed by atoms with Gasteiger partial charge in [-0.05, 0) is 57.4 Å². The van der Waals surface area contributed by atoms with Crippen LogP contribution < -0.4 is 9.46 Å². The average molecular weight is 269 g/mol. The van der Waals surface area contributed by atoms with Crippen LogP contribution in [-0.2, 0) is 16.4 Å². The third kappa shape index (κ3) is 3.03. The van der Waals surface area contributed by atoms with Crippen LogP contribution in [0.1, 0.15) is 32.8 Å². The number of hydrogen-bond acceptors (Lipinski definition) is 3. The third-order valence-corrected chi connectivity index (χ3v) is 4.39. The molecule has 1 heterocycles. The largest absolute Gasteiger partial charge is 0.493 e. The average Bonchev–Trinajstić information content (AvgIpc) is 2.25. The molecule has 1 aromatic carbocycles. The topological polar surface area (TPSA) is 55.4 Å². The summed E-state index contributed by atoms with van der Waals surface area (Å²) in [4.78, 5) is 0.307. The lowest BCUT2D eigenvalue weighted by atomic mass is 10.1. The van der Waals surface area contributed by atoms with E-state index in [0.29, 0.717) is 11.5 Å². The van der Waals surface area contributed by atoms with Gasteiger partial charge in [-0.15, -0.1) is 0 Å². The van der Waals surface area contributed by atoms with Gasteiger partial charge in [0.05, 0.1) is 11.5 Å². The van der Waals surface area contributed by atoms with Crippen LogP contribution in [0.15, 0.2) is 23.1 Å². The summed E-state index contributed by atoms with van der Waals surface area (Å²) in [6.45, 7) is 6.18. The Labute approximate surface area is 108 Å². The van der Waals surface area contributed by atoms with Gasteiger partial charge in [0.25, 0.3) is 0 Å². The second-order valence-electron chi connectivity index (χ2n) is 5.58. The molecular formula is C13H19NO3S. The Balaban J connectivity index is 2.34.